The maximum absolute atomic E-state index is 15.4. The van der Waals surface area contributed by atoms with E-state index in [0.717, 1.165) is 0 Å². The summed E-state index contributed by atoms with van der Waals surface area (Å²) in [4.78, 5) is 46.3. The Morgan fingerprint density at radius 3 is 0.578 bits per heavy atom. The molecule has 6 saturated carbocycles. The SMILES string of the molecule is O=[CH][Fe]([CH]=O)([CH]=O)([PH](C1CCCCC1)(C1CCCCC1)C1CCCCC1)[PH](C1CCCCC1)(C1CCCCC1)C1CCCCC1. The summed E-state index contributed by atoms with van der Waals surface area (Å²) in [5.41, 5.74) is 3.27. The molecule has 0 bridgehead atoms. The van der Waals surface area contributed by atoms with Gasteiger partial charge in [0.1, 0.15) is 0 Å². The van der Waals surface area contributed by atoms with Crippen LogP contribution in [0.5, 0.6) is 0 Å². The first kappa shape index (κ1) is 35.2. The second kappa shape index (κ2) is 15.5. The van der Waals surface area contributed by atoms with Crippen LogP contribution in [-0.2, 0) is 25.3 Å². The quantitative estimate of drug-likeness (QED) is 0.122. The third-order valence-corrected chi connectivity index (χ3v) is 61.1. The molecule has 0 aromatic heterocycles. The van der Waals surface area contributed by atoms with E-state index >= 15 is 14.4 Å². The van der Waals surface area contributed by atoms with Crippen LogP contribution in [0.4, 0.5) is 0 Å². The number of hydrogen-bond acceptors (Lipinski definition) is 3. The Morgan fingerprint density at radius 2 is 0.444 bits per heavy atom. The van der Waals surface area contributed by atoms with Gasteiger partial charge in [0, 0.05) is 0 Å². The van der Waals surface area contributed by atoms with Crippen LogP contribution in [0.15, 0.2) is 0 Å². The summed E-state index contributed by atoms with van der Waals surface area (Å²) >= 11 is 0. The molecule has 6 aliphatic rings. The Kier molecular flexibility index (Phi) is 12.1. The van der Waals surface area contributed by atoms with Gasteiger partial charge in [0.15, 0.2) is 0 Å². The van der Waals surface area contributed by atoms with Crippen molar-refractivity contribution in [3.8, 4) is 0 Å². The van der Waals surface area contributed by atoms with Crippen LogP contribution in [0.1, 0.15) is 193 Å². The fourth-order valence-electron chi connectivity index (χ4n) is 13.9. The molecule has 263 valence electrons. The minimum atomic E-state index is -4.38. The van der Waals surface area contributed by atoms with Crippen molar-refractivity contribution in [2.45, 2.75) is 227 Å². The van der Waals surface area contributed by atoms with Crippen molar-refractivity contribution in [2.75, 3.05) is 0 Å². The normalized spacial score (nSPS) is 28.9. The molecule has 0 heterocycles. The van der Waals surface area contributed by atoms with E-state index < -0.39 is 22.8 Å². The van der Waals surface area contributed by atoms with E-state index in [9.17, 15) is 0 Å². The van der Waals surface area contributed by atoms with E-state index in [0.29, 0.717) is 34.0 Å². The second-order valence-electron chi connectivity index (χ2n) is 16.9. The molecule has 6 rings (SSSR count). The predicted octanol–water partition coefficient (Wildman–Crippen LogP) is 11.6. The number of hydrogen-bond donors (Lipinski definition) is 0. The van der Waals surface area contributed by atoms with Crippen molar-refractivity contribution in [1.82, 2.24) is 0 Å². The van der Waals surface area contributed by atoms with Crippen LogP contribution in [0, 0.1) is 0 Å². The molecule has 45 heavy (non-hydrogen) atoms. The first-order valence-corrected chi connectivity index (χ1v) is 29.7. The maximum atomic E-state index is 15.4. The predicted molar refractivity (Wildman–Crippen MR) is 198 cm³/mol. The van der Waals surface area contributed by atoms with Crippen molar-refractivity contribution in [2.24, 2.45) is 0 Å². The van der Waals surface area contributed by atoms with E-state index in [1.807, 2.05) is 0 Å². The summed E-state index contributed by atoms with van der Waals surface area (Å²) in [6, 6.07) is 0. The van der Waals surface area contributed by atoms with Crippen LogP contribution in [0.3, 0.4) is 0 Å². The summed E-state index contributed by atoms with van der Waals surface area (Å²) in [6.45, 7) is 0. The van der Waals surface area contributed by atoms with E-state index in [4.69, 9.17) is 0 Å². The molecular formula is C39H71FeO3P2. The number of rotatable bonds is 11. The monoisotopic (exact) mass is 705 g/mol. The van der Waals surface area contributed by atoms with Crippen molar-refractivity contribution < 1.29 is 25.3 Å². The van der Waals surface area contributed by atoms with Crippen LogP contribution in [-0.4, -0.2) is 49.5 Å². The second-order valence-corrected chi connectivity index (χ2v) is 42.8. The van der Waals surface area contributed by atoms with Crippen molar-refractivity contribution in [3.05, 3.63) is 0 Å². The standard InChI is InChI=1S/2C18H33P.3CHO.Fe/c2*1-4-10-16(11-5-1)19(17-12-6-2-7-13-17)18-14-8-3-9-15-18;3*1-2;/h2*16-18H,1-15H2;3*1H;/q;;;;;-2/p+2. The Morgan fingerprint density at radius 1 is 0.289 bits per heavy atom. The molecule has 0 spiro atoms. The van der Waals surface area contributed by atoms with E-state index in [1.54, 1.807) is 0 Å². The number of carbonyl (C=O) groups excluding carboxylic acids is 3. The molecule has 0 aromatic carbocycles. The first-order valence-electron chi connectivity index (χ1n) is 20.3. The molecule has 0 saturated heterocycles. The summed E-state index contributed by atoms with van der Waals surface area (Å²) in [7, 11) is -4.38. The Hall–Kier alpha value is 0.389. The van der Waals surface area contributed by atoms with Crippen LogP contribution in [0.25, 0.3) is 0 Å². The average molecular weight is 706 g/mol. The molecule has 6 fully saturated rings. The van der Waals surface area contributed by atoms with Gasteiger partial charge in [-0.15, -0.1) is 0 Å². The Balaban J connectivity index is 1.75. The van der Waals surface area contributed by atoms with Crippen molar-refractivity contribution >= 4 is 27.5 Å². The Labute approximate surface area is 278 Å². The number of carbonyl (C=O) groups is 3. The fraction of sp³-hybridized carbons (Fsp3) is 0.923. The molecule has 0 aliphatic heterocycles. The van der Waals surface area contributed by atoms with Gasteiger partial charge in [0.05, 0.1) is 0 Å². The molecule has 0 aromatic rings. The zero-order valence-electron chi connectivity index (χ0n) is 29.0. The third-order valence-electron chi connectivity index (χ3n) is 15.2. The van der Waals surface area contributed by atoms with Gasteiger partial charge in [-0.3, -0.25) is 0 Å². The van der Waals surface area contributed by atoms with Crippen LogP contribution in [0.2, 0.25) is 0 Å². The molecule has 0 amide bonds. The topological polar surface area (TPSA) is 51.2 Å². The summed E-state index contributed by atoms with van der Waals surface area (Å²) in [5.74, 6) is -5.62. The summed E-state index contributed by atoms with van der Waals surface area (Å²) < 4.78 is 0. The zero-order valence-corrected chi connectivity index (χ0v) is 32.1. The van der Waals surface area contributed by atoms with Crippen LogP contribution < -0.4 is 0 Å². The molecule has 6 aliphatic carbocycles. The van der Waals surface area contributed by atoms with E-state index in [2.05, 4.69) is 0 Å². The Bertz CT molecular complexity index is 799. The zero-order chi connectivity index (χ0) is 31.2. The van der Waals surface area contributed by atoms with Gasteiger partial charge >= 0.3 is 279 Å². The molecule has 3 nitrogen and oxygen atoms in total. The van der Waals surface area contributed by atoms with Gasteiger partial charge in [-0.25, -0.2) is 0 Å². The van der Waals surface area contributed by atoms with Gasteiger partial charge in [-0.2, -0.15) is 0 Å². The fourth-order valence-corrected chi connectivity index (χ4v) is 78.7. The minimum absolute atomic E-state index is 0.545. The third kappa shape index (κ3) is 5.50. The van der Waals surface area contributed by atoms with Gasteiger partial charge in [-0.1, -0.05) is 0 Å². The van der Waals surface area contributed by atoms with E-state index in [-0.39, 0.29) is 0 Å². The summed E-state index contributed by atoms with van der Waals surface area (Å²) in [5, 5.41) is 4.45. The summed E-state index contributed by atoms with van der Waals surface area (Å²) in [6.07, 6.45) is 38.0. The van der Waals surface area contributed by atoms with Gasteiger partial charge < -0.3 is 0 Å². The van der Waals surface area contributed by atoms with Gasteiger partial charge in [-0.05, 0) is 0 Å². The van der Waals surface area contributed by atoms with Gasteiger partial charge in [0.25, 0.3) is 0 Å². The van der Waals surface area contributed by atoms with E-state index in [1.165, 1.54) is 208 Å². The molecular weight excluding hydrogens is 634 g/mol. The average Bonchev–Trinajstić information content (AvgIpc) is 3.14. The molecule has 0 unspecified atom stereocenters. The first-order chi connectivity index (χ1) is 22.1. The van der Waals surface area contributed by atoms with Crippen LogP contribution >= 0.6 is 11.9 Å². The molecule has 0 N–H and O–H groups in total. The van der Waals surface area contributed by atoms with Gasteiger partial charge in [0.2, 0.25) is 0 Å². The molecule has 0 atom stereocenters. The molecule has 0 radical (unpaired) electrons. The van der Waals surface area contributed by atoms with Crippen molar-refractivity contribution in [1.29, 1.82) is 0 Å². The van der Waals surface area contributed by atoms with Crippen molar-refractivity contribution in [3.63, 3.8) is 0 Å². The molecule has 6 heteroatoms.